The SMILES string of the molecule is COc1ccc2ccc(=O)n(C[C@@H](O)C3CCC(NC(=O)OCc4ccccc4)CC3)c2c1. The number of amides is 1. The molecule has 7 nitrogen and oxygen atoms in total. The zero-order chi connectivity index (χ0) is 23.2. The highest BCUT2D eigenvalue weighted by atomic mass is 16.5. The fourth-order valence-electron chi connectivity index (χ4n) is 4.50. The van der Waals surface area contributed by atoms with E-state index in [1.54, 1.807) is 17.7 Å². The van der Waals surface area contributed by atoms with E-state index in [1.807, 2.05) is 48.5 Å². The minimum absolute atomic E-state index is 0.0289. The third-order valence-corrected chi connectivity index (χ3v) is 6.42. The molecule has 1 fully saturated rings. The van der Waals surface area contributed by atoms with E-state index in [0.29, 0.717) is 5.75 Å². The van der Waals surface area contributed by atoms with Gasteiger partial charge in [-0.2, -0.15) is 0 Å². The third kappa shape index (κ3) is 5.73. The molecule has 3 aromatic rings. The Labute approximate surface area is 193 Å². The highest BCUT2D eigenvalue weighted by Crippen LogP contribution is 2.28. The van der Waals surface area contributed by atoms with Gasteiger partial charge in [0.25, 0.3) is 5.56 Å². The molecule has 1 aliphatic rings. The molecule has 1 amide bonds. The molecule has 0 saturated heterocycles. The van der Waals surface area contributed by atoms with Gasteiger partial charge in [0.05, 0.1) is 25.3 Å². The Hall–Kier alpha value is -3.32. The number of aromatic nitrogens is 1. The third-order valence-electron chi connectivity index (χ3n) is 6.42. The lowest BCUT2D eigenvalue weighted by molar-refractivity contribution is 0.0628. The van der Waals surface area contributed by atoms with Crippen LogP contribution in [0.2, 0.25) is 0 Å². The van der Waals surface area contributed by atoms with Crippen molar-refractivity contribution in [2.45, 2.75) is 51.0 Å². The van der Waals surface area contributed by atoms with Gasteiger partial charge in [-0.25, -0.2) is 4.79 Å². The number of fused-ring (bicyclic) bond motifs is 1. The van der Waals surface area contributed by atoms with Crippen molar-refractivity contribution in [3.63, 3.8) is 0 Å². The fourth-order valence-corrected chi connectivity index (χ4v) is 4.50. The maximum atomic E-state index is 12.5. The number of hydrogen-bond donors (Lipinski definition) is 2. The number of nitrogens with zero attached hydrogens (tertiary/aromatic N) is 1. The number of carbonyl (C=O) groups excluding carboxylic acids is 1. The number of aliphatic hydroxyl groups is 1. The van der Waals surface area contributed by atoms with Gasteiger partial charge in [0.2, 0.25) is 0 Å². The van der Waals surface area contributed by atoms with Crippen molar-refractivity contribution in [2.24, 2.45) is 5.92 Å². The van der Waals surface area contributed by atoms with Crippen LogP contribution in [0.15, 0.2) is 65.5 Å². The van der Waals surface area contributed by atoms with Gasteiger partial charge in [-0.1, -0.05) is 30.3 Å². The predicted molar refractivity (Wildman–Crippen MR) is 126 cm³/mol. The highest BCUT2D eigenvalue weighted by molar-refractivity contribution is 5.80. The molecule has 4 rings (SSSR count). The van der Waals surface area contributed by atoms with Crippen LogP contribution in [0.25, 0.3) is 10.9 Å². The second-order valence-electron chi connectivity index (χ2n) is 8.59. The number of benzene rings is 2. The van der Waals surface area contributed by atoms with Crippen LogP contribution in [0, 0.1) is 5.92 Å². The molecular formula is C26H30N2O5. The van der Waals surface area contributed by atoms with E-state index in [0.717, 1.165) is 42.1 Å². The van der Waals surface area contributed by atoms with Crippen LogP contribution in [-0.4, -0.2) is 35.0 Å². The second-order valence-corrected chi connectivity index (χ2v) is 8.59. The summed E-state index contributed by atoms with van der Waals surface area (Å²) in [6.07, 6.45) is 2.01. The molecule has 1 atom stereocenters. The lowest BCUT2D eigenvalue weighted by atomic mass is 9.82. The quantitative estimate of drug-likeness (QED) is 0.571. The Morgan fingerprint density at radius 2 is 1.82 bits per heavy atom. The van der Waals surface area contributed by atoms with Gasteiger partial charge in [-0.05, 0) is 60.7 Å². The minimum Gasteiger partial charge on any atom is -0.497 e. The minimum atomic E-state index is -0.648. The summed E-state index contributed by atoms with van der Waals surface area (Å²) in [4.78, 5) is 24.7. The maximum Gasteiger partial charge on any atom is 0.407 e. The van der Waals surface area contributed by atoms with Gasteiger partial charge in [-0.15, -0.1) is 0 Å². The Morgan fingerprint density at radius 3 is 2.55 bits per heavy atom. The normalized spacial score (nSPS) is 19.1. The zero-order valence-corrected chi connectivity index (χ0v) is 18.8. The number of nitrogens with one attached hydrogen (secondary N) is 1. The largest absolute Gasteiger partial charge is 0.497 e. The lowest BCUT2D eigenvalue weighted by Gasteiger charge is -2.32. The fraction of sp³-hybridized carbons (Fsp3) is 0.385. The first kappa shape index (κ1) is 22.9. The number of carbonyl (C=O) groups is 1. The van der Waals surface area contributed by atoms with Crippen molar-refractivity contribution < 1.29 is 19.4 Å². The first-order chi connectivity index (χ1) is 16.0. The summed E-state index contributed by atoms with van der Waals surface area (Å²) in [5, 5.41) is 14.8. The van der Waals surface area contributed by atoms with Gasteiger partial charge < -0.3 is 24.5 Å². The van der Waals surface area contributed by atoms with Crippen molar-refractivity contribution in [3.8, 4) is 5.75 Å². The molecule has 1 heterocycles. The van der Waals surface area contributed by atoms with E-state index in [1.165, 1.54) is 6.07 Å². The van der Waals surface area contributed by atoms with Crippen molar-refractivity contribution >= 4 is 17.0 Å². The van der Waals surface area contributed by atoms with Crippen molar-refractivity contribution in [2.75, 3.05) is 7.11 Å². The van der Waals surface area contributed by atoms with Crippen LogP contribution in [0.3, 0.4) is 0 Å². The zero-order valence-electron chi connectivity index (χ0n) is 18.8. The van der Waals surface area contributed by atoms with Gasteiger partial charge in [0.1, 0.15) is 12.4 Å². The molecule has 0 spiro atoms. The molecule has 1 aromatic heterocycles. The van der Waals surface area contributed by atoms with Gasteiger partial charge >= 0.3 is 6.09 Å². The van der Waals surface area contributed by atoms with E-state index in [4.69, 9.17) is 9.47 Å². The maximum absolute atomic E-state index is 12.5. The molecular weight excluding hydrogens is 420 g/mol. The van der Waals surface area contributed by atoms with Crippen molar-refractivity contribution in [1.29, 1.82) is 0 Å². The van der Waals surface area contributed by atoms with Gasteiger partial charge in [-0.3, -0.25) is 4.79 Å². The van der Waals surface area contributed by atoms with E-state index < -0.39 is 12.2 Å². The van der Waals surface area contributed by atoms with Crippen molar-refractivity contribution in [3.05, 3.63) is 76.6 Å². The summed E-state index contributed by atoms with van der Waals surface area (Å²) >= 11 is 0. The molecule has 2 N–H and O–H groups in total. The molecule has 33 heavy (non-hydrogen) atoms. The molecule has 1 aliphatic carbocycles. The number of pyridine rings is 1. The molecule has 0 bridgehead atoms. The number of aliphatic hydroxyl groups excluding tert-OH is 1. The lowest BCUT2D eigenvalue weighted by Crippen LogP contribution is -2.40. The molecule has 174 valence electrons. The average Bonchev–Trinajstić information content (AvgIpc) is 2.85. The number of hydrogen-bond acceptors (Lipinski definition) is 5. The highest BCUT2D eigenvalue weighted by Gasteiger charge is 2.28. The van der Waals surface area contributed by atoms with E-state index in [2.05, 4.69) is 5.32 Å². The van der Waals surface area contributed by atoms with Gasteiger partial charge in [0, 0.05) is 18.2 Å². The molecule has 0 unspecified atom stereocenters. The van der Waals surface area contributed by atoms with Crippen LogP contribution in [0.4, 0.5) is 4.79 Å². The molecule has 2 aromatic carbocycles. The molecule has 1 saturated carbocycles. The molecule has 0 aliphatic heterocycles. The van der Waals surface area contributed by atoms with E-state index >= 15 is 0 Å². The molecule has 0 radical (unpaired) electrons. The number of alkyl carbamates (subject to hydrolysis) is 1. The molecule has 7 heteroatoms. The Morgan fingerprint density at radius 1 is 1.09 bits per heavy atom. The smallest absolute Gasteiger partial charge is 0.407 e. The Balaban J connectivity index is 1.31. The first-order valence-electron chi connectivity index (χ1n) is 11.4. The van der Waals surface area contributed by atoms with Gasteiger partial charge in [0.15, 0.2) is 0 Å². The number of ether oxygens (including phenoxy) is 2. The topological polar surface area (TPSA) is 89.8 Å². The summed E-state index contributed by atoms with van der Waals surface area (Å²) in [5.41, 5.74) is 1.55. The van der Waals surface area contributed by atoms with Crippen molar-refractivity contribution in [1.82, 2.24) is 9.88 Å². The number of methoxy groups -OCH3 is 1. The van der Waals surface area contributed by atoms with Crippen LogP contribution in [-0.2, 0) is 17.9 Å². The average molecular weight is 451 g/mol. The Bertz CT molecular complexity index is 1140. The van der Waals surface area contributed by atoms with Crippen LogP contribution in [0.1, 0.15) is 31.2 Å². The first-order valence-corrected chi connectivity index (χ1v) is 11.4. The second kappa shape index (κ2) is 10.5. The van der Waals surface area contributed by atoms with Crippen LogP contribution in [0.5, 0.6) is 5.75 Å². The monoisotopic (exact) mass is 450 g/mol. The summed E-state index contributed by atoms with van der Waals surface area (Å²) in [6, 6.07) is 18.5. The van der Waals surface area contributed by atoms with E-state index in [9.17, 15) is 14.7 Å². The number of rotatable bonds is 7. The standard InChI is InChI=1S/C26H30N2O5/c1-32-22-13-9-19-10-14-25(30)28(23(19)15-22)16-24(29)20-7-11-21(12-8-20)27-26(31)33-17-18-5-3-2-4-6-18/h2-6,9-10,13-15,20-21,24,29H,7-8,11-12,16-17H2,1H3,(H,27,31)/t20?,21?,24-/m1/s1. The summed E-state index contributed by atoms with van der Waals surface area (Å²) in [5.74, 6) is 0.734. The summed E-state index contributed by atoms with van der Waals surface area (Å²) in [7, 11) is 1.59. The summed E-state index contributed by atoms with van der Waals surface area (Å²) < 4.78 is 12.2. The summed E-state index contributed by atoms with van der Waals surface area (Å²) in [6.45, 7) is 0.469. The predicted octanol–water partition coefficient (Wildman–Crippen LogP) is 3.86. The van der Waals surface area contributed by atoms with Crippen LogP contribution < -0.4 is 15.6 Å². The Kier molecular flexibility index (Phi) is 7.29. The van der Waals surface area contributed by atoms with Crippen LogP contribution >= 0.6 is 0 Å². The van der Waals surface area contributed by atoms with E-state index in [-0.39, 0.29) is 30.7 Å².